The largest absolute Gasteiger partial charge is 0.292 e. The highest BCUT2D eigenvalue weighted by Gasteiger charge is 2.28. The Morgan fingerprint density at radius 2 is 2.33 bits per heavy atom. The predicted octanol–water partition coefficient (Wildman–Crippen LogP) is 0.543. The molecule has 0 spiro atoms. The van der Waals surface area contributed by atoms with Crippen LogP contribution < -0.4 is 11.3 Å². The first-order chi connectivity index (χ1) is 8.78. The minimum atomic E-state index is 0.383. The van der Waals surface area contributed by atoms with Crippen LogP contribution in [0.3, 0.4) is 0 Å². The zero-order chi connectivity index (χ0) is 12.5. The lowest BCUT2D eigenvalue weighted by Gasteiger charge is -2.05. The number of nitrogens with one attached hydrogen (secondary N) is 1. The van der Waals surface area contributed by atoms with E-state index in [0.717, 1.165) is 28.6 Å². The fourth-order valence-electron chi connectivity index (χ4n) is 1.49. The third kappa shape index (κ3) is 2.14. The molecule has 0 saturated heterocycles. The zero-order valence-corrected chi connectivity index (χ0v) is 10.6. The van der Waals surface area contributed by atoms with Crippen LogP contribution in [0.1, 0.15) is 24.4 Å². The molecule has 1 aliphatic rings. The van der Waals surface area contributed by atoms with E-state index in [1.807, 2.05) is 11.6 Å². The van der Waals surface area contributed by atoms with Crippen LogP contribution in [0.25, 0.3) is 0 Å². The lowest BCUT2D eigenvalue weighted by molar-refractivity contribution is 0.565. The van der Waals surface area contributed by atoms with Crippen LogP contribution in [-0.2, 0) is 0 Å². The van der Waals surface area contributed by atoms with Gasteiger partial charge in [-0.3, -0.25) is 5.43 Å². The molecule has 1 fully saturated rings. The van der Waals surface area contributed by atoms with Gasteiger partial charge in [0.2, 0.25) is 11.1 Å². The molecule has 0 aromatic carbocycles. The van der Waals surface area contributed by atoms with Crippen LogP contribution in [0.2, 0.25) is 0 Å². The fraction of sp³-hybridized carbons (Fsp3) is 0.444. The fourth-order valence-corrected chi connectivity index (χ4v) is 2.36. The second-order valence-corrected chi connectivity index (χ2v) is 5.02. The van der Waals surface area contributed by atoms with E-state index in [-0.39, 0.29) is 0 Å². The summed E-state index contributed by atoms with van der Waals surface area (Å²) in [6.07, 6.45) is 3.99. The molecule has 0 atom stereocenters. The molecule has 8 nitrogen and oxygen atoms in total. The van der Waals surface area contributed by atoms with Crippen molar-refractivity contribution in [3.63, 3.8) is 0 Å². The maximum Gasteiger partial charge on any atom is 0.238 e. The topological polar surface area (TPSA) is 107 Å². The van der Waals surface area contributed by atoms with Gasteiger partial charge >= 0.3 is 0 Å². The summed E-state index contributed by atoms with van der Waals surface area (Å²) in [6, 6.07) is 0.441. The zero-order valence-electron chi connectivity index (χ0n) is 9.74. The van der Waals surface area contributed by atoms with Crippen molar-refractivity contribution in [1.29, 1.82) is 0 Å². The molecule has 0 bridgehead atoms. The number of rotatable bonds is 4. The summed E-state index contributed by atoms with van der Waals surface area (Å²) < 4.78 is 1.85. The summed E-state index contributed by atoms with van der Waals surface area (Å²) in [4.78, 5) is 8.33. The monoisotopic (exact) mass is 264 g/mol. The lowest BCUT2D eigenvalue weighted by atomic mass is 10.4. The molecule has 2 aromatic rings. The highest BCUT2D eigenvalue weighted by Crippen LogP contribution is 2.38. The van der Waals surface area contributed by atoms with Gasteiger partial charge in [0.25, 0.3) is 0 Å². The van der Waals surface area contributed by atoms with Gasteiger partial charge in [0.1, 0.15) is 5.03 Å². The molecular formula is C9H12N8S. The van der Waals surface area contributed by atoms with Crippen molar-refractivity contribution in [2.45, 2.75) is 36.0 Å². The van der Waals surface area contributed by atoms with Gasteiger partial charge in [-0.25, -0.2) is 20.5 Å². The number of anilines is 1. The molecule has 3 rings (SSSR count). The molecular weight excluding hydrogens is 252 g/mol. The Kier molecular flexibility index (Phi) is 2.84. The van der Waals surface area contributed by atoms with Crippen LogP contribution in [0.5, 0.6) is 0 Å². The molecule has 94 valence electrons. The Labute approximate surface area is 107 Å². The van der Waals surface area contributed by atoms with E-state index in [9.17, 15) is 0 Å². The van der Waals surface area contributed by atoms with Crippen LogP contribution in [0, 0.1) is 6.92 Å². The van der Waals surface area contributed by atoms with E-state index >= 15 is 0 Å². The number of aryl methyl sites for hydroxylation is 1. The van der Waals surface area contributed by atoms with E-state index < -0.39 is 0 Å². The highest BCUT2D eigenvalue weighted by atomic mass is 32.2. The second-order valence-electron chi connectivity index (χ2n) is 4.07. The van der Waals surface area contributed by atoms with Gasteiger partial charge in [0.15, 0.2) is 0 Å². The number of tetrazole rings is 1. The molecule has 0 radical (unpaired) electrons. The number of hydrazine groups is 1. The molecule has 0 amide bonds. The number of nitrogen functional groups attached to an aromatic ring is 1. The van der Waals surface area contributed by atoms with Crippen molar-refractivity contribution >= 4 is 17.7 Å². The molecule has 1 aliphatic carbocycles. The van der Waals surface area contributed by atoms with Crippen LogP contribution in [-0.4, -0.2) is 30.2 Å². The van der Waals surface area contributed by atoms with E-state index in [1.54, 1.807) is 6.20 Å². The first-order valence-corrected chi connectivity index (χ1v) is 6.35. The molecule has 3 N–H and O–H groups in total. The molecule has 9 heteroatoms. The van der Waals surface area contributed by atoms with E-state index in [0.29, 0.717) is 12.0 Å². The van der Waals surface area contributed by atoms with Crippen LogP contribution >= 0.6 is 11.8 Å². The number of aromatic nitrogens is 6. The quantitative estimate of drug-likeness (QED) is 0.468. The first kappa shape index (κ1) is 11.4. The van der Waals surface area contributed by atoms with Crippen molar-refractivity contribution < 1.29 is 0 Å². The molecule has 0 unspecified atom stereocenters. The SMILES string of the molecule is Cc1cnc(NN)nc1Sc1nnnn1C1CC1. The standard InChI is InChI=1S/C9H12N8S/c1-5-4-11-8(13-10)12-7(5)18-9-14-15-16-17(9)6-2-3-6/h4,6H,2-3,10H2,1H3,(H,11,12,13). The van der Waals surface area contributed by atoms with Gasteiger partial charge in [0.05, 0.1) is 6.04 Å². The van der Waals surface area contributed by atoms with Gasteiger partial charge in [-0.05, 0) is 42.0 Å². The number of hydrogen-bond acceptors (Lipinski definition) is 8. The lowest BCUT2D eigenvalue weighted by Crippen LogP contribution is -2.11. The summed E-state index contributed by atoms with van der Waals surface area (Å²) >= 11 is 1.43. The third-order valence-corrected chi connectivity index (χ3v) is 3.66. The first-order valence-electron chi connectivity index (χ1n) is 5.54. The molecule has 0 aliphatic heterocycles. The Bertz CT molecular complexity index is 563. The van der Waals surface area contributed by atoms with Crippen LogP contribution in [0.4, 0.5) is 5.95 Å². The summed E-state index contributed by atoms with van der Waals surface area (Å²) in [5.74, 6) is 5.68. The summed E-state index contributed by atoms with van der Waals surface area (Å²) in [5, 5.41) is 13.3. The molecule has 2 aromatic heterocycles. The van der Waals surface area contributed by atoms with E-state index in [2.05, 4.69) is 30.9 Å². The highest BCUT2D eigenvalue weighted by molar-refractivity contribution is 7.99. The smallest absolute Gasteiger partial charge is 0.238 e. The van der Waals surface area contributed by atoms with Gasteiger partial charge in [-0.1, -0.05) is 0 Å². The van der Waals surface area contributed by atoms with Gasteiger partial charge in [0, 0.05) is 11.8 Å². The van der Waals surface area contributed by atoms with E-state index in [1.165, 1.54) is 11.8 Å². The Hall–Kier alpha value is -1.74. The van der Waals surface area contributed by atoms with Crippen molar-refractivity contribution in [3.8, 4) is 0 Å². The summed E-state index contributed by atoms with van der Waals surface area (Å²) in [7, 11) is 0. The van der Waals surface area contributed by atoms with Crippen molar-refractivity contribution in [2.75, 3.05) is 5.43 Å². The summed E-state index contributed by atoms with van der Waals surface area (Å²) in [5.41, 5.74) is 3.39. The predicted molar refractivity (Wildman–Crippen MR) is 64.8 cm³/mol. The number of nitrogens with two attached hydrogens (primary N) is 1. The van der Waals surface area contributed by atoms with Gasteiger partial charge in [-0.15, -0.1) is 5.10 Å². The number of hydrogen-bond donors (Lipinski definition) is 2. The van der Waals surface area contributed by atoms with Crippen molar-refractivity contribution in [2.24, 2.45) is 5.84 Å². The average molecular weight is 264 g/mol. The van der Waals surface area contributed by atoms with Crippen molar-refractivity contribution in [3.05, 3.63) is 11.8 Å². The second kappa shape index (κ2) is 4.50. The summed E-state index contributed by atoms with van der Waals surface area (Å²) in [6.45, 7) is 1.94. The molecule has 18 heavy (non-hydrogen) atoms. The van der Waals surface area contributed by atoms with Crippen LogP contribution in [0.15, 0.2) is 16.4 Å². The maximum atomic E-state index is 5.30. The minimum absolute atomic E-state index is 0.383. The molecule has 2 heterocycles. The van der Waals surface area contributed by atoms with Crippen molar-refractivity contribution in [1.82, 2.24) is 30.2 Å². The van der Waals surface area contributed by atoms with Gasteiger partial charge < -0.3 is 0 Å². The molecule has 1 saturated carbocycles. The maximum absolute atomic E-state index is 5.30. The normalized spacial score (nSPS) is 14.8. The average Bonchev–Trinajstić information content (AvgIpc) is 3.13. The third-order valence-electron chi connectivity index (χ3n) is 2.60. The number of nitrogens with zero attached hydrogens (tertiary/aromatic N) is 6. The Morgan fingerprint density at radius 1 is 1.50 bits per heavy atom. The van der Waals surface area contributed by atoms with Gasteiger partial charge in [-0.2, -0.15) is 0 Å². The Morgan fingerprint density at radius 3 is 3.06 bits per heavy atom. The minimum Gasteiger partial charge on any atom is -0.292 e. The van der Waals surface area contributed by atoms with E-state index in [4.69, 9.17) is 5.84 Å². The Balaban J connectivity index is 1.89.